The summed E-state index contributed by atoms with van der Waals surface area (Å²) in [7, 11) is 0. The molecule has 7 heteroatoms. The number of piperidine rings is 1. The van der Waals surface area contributed by atoms with Crippen LogP contribution in [0.5, 0.6) is 0 Å². The van der Waals surface area contributed by atoms with E-state index < -0.39 is 29.7 Å². The van der Waals surface area contributed by atoms with Gasteiger partial charge in [-0.15, -0.1) is 0 Å². The number of nitrogens with zero attached hydrogens (tertiary/aromatic N) is 1. The molecule has 2 amide bonds. The molecule has 21 heavy (non-hydrogen) atoms. The Morgan fingerprint density at radius 3 is 2.67 bits per heavy atom. The molecule has 7 nitrogen and oxygen atoms in total. The maximum absolute atomic E-state index is 12.2. The third kappa shape index (κ3) is 3.47. The van der Waals surface area contributed by atoms with E-state index in [2.05, 4.69) is 5.32 Å². The number of carbonyl (C=O) groups is 2. The Kier molecular flexibility index (Phi) is 4.73. The Hall–Kier alpha value is -1.34. The second-order valence-corrected chi connectivity index (χ2v) is 6.25. The summed E-state index contributed by atoms with van der Waals surface area (Å²) in [4.78, 5) is 24.7. The predicted molar refractivity (Wildman–Crippen MR) is 74.7 cm³/mol. The van der Waals surface area contributed by atoms with E-state index in [0.29, 0.717) is 19.5 Å². The summed E-state index contributed by atoms with van der Waals surface area (Å²) >= 11 is 0. The van der Waals surface area contributed by atoms with E-state index in [1.54, 1.807) is 4.90 Å². The van der Waals surface area contributed by atoms with Crippen LogP contribution in [0.15, 0.2) is 0 Å². The van der Waals surface area contributed by atoms with Crippen molar-refractivity contribution in [1.29, 1.82) is 0 Å². The predicted octanol–water partition coefficient (Wildman–Crippen LogP) is 0.157. The fourth-order valence-electron chi connectivity index (χ4n) is 3.37. The van der Waals surface area contributed by atoms with Gasteiger partial charge < -0.3 is 25.5 Å². The van der Waals surface area contributed by atoms with Gasteiger partial charge in [0.05, 0.1) is 11.7 Å². The van der Waals surface area contributed by atoms with Gasteiger partial charge in [-0.05, 0) is 26.2 Å². The van der Waals surface area contributed by atoms with Crippen molar-refractivity contribution in [3.05, 3.63) is 0 Å². The molecule has 4 atom stereocenters. The topological polar surface area (TPSA) is 110 Å². The number of hydrogen-bond acceptors (Lipinski definition) is 4. The van der Waals surface area contributed by atoms with Gasteiger partial charge in [-0.1, -0.05) is 12.8 Å². The molecule has 0 aromatic heterocycles. The van der Waals surface area contributed by atoms with Gasteiger partial charge in [0.15, 0.2) is 6.04 Å². The molecule has 120 valence electrons. The van der Waals surface area contributed by atoms with Gasteiger partial charge in [-0.25, -0.2) is 9.59 Å². The van der Waals surface area contributed by atoms with Crippen LogP contribution in [0, 0.1) is 5.92 Å². The Balaban J connectivity index is 1.96. The summed E-state index contributed by atoms with van der Waals surface area (Å²) in [5, 5.41) is 31.3. The first kappa shape index (κ1) is 16.0. The van der Waals surface area contributed by atoms with E-state index in [-0.39, 0.29) is 5.92 Å². The number of hydrogen-bond donors (Lipinski definition) is 4. The number of rotatable bonds is 3. The van der Waals surface area contributed by atoms with E-state index in [1.807, 2.05) is 0 Å². The Labute approximate surface area is 123 Å². The average Bonchev–Trinajstić information content (AvgIpc) is 2.42. The van der Waals surface area contributed by atoms with Crippen molar-refractivity contribution < 1.29 is 24.9 Å². The van der Waals surface area contributed by atoms with Crippen molar-refractivity contribution in [2.75, 3.05) is 13.1 Å². The van der Waals surface area contributed by atoms with Gasteiger partial charge in [-0.2, -0.15) is 0 Å². The maximum Gasteiger partial charge on any atom is 0.328 e. The molecule has 4 N–H and O–H groups in total. The normalized spacial score (nSPS) is 32.0. The summed E-state index contributed by atoms with van der Waals surface area (Å²) in [5.41, 5.74) is -0.675. The van der Waals surface area contributed by atoms with Gasteiger partial charge in [0.2, 0.25) is 0 Å². The second kappa shape index (κ2) is 6.19. The van der Waals surface area contributed by atoms with E-state index in [1.165, 1.54) is 6.92 Å². The number of aliphatic hydroxyl groups is 2. The lowest BCUT2D eigenvalue weighted by Gasteiger charge is -2.47. The van der Waals surface area contributed by atoms with Crippen molar-refractivity contribution in [3.63, 3.8) is 0 Å². The largest absolute Gasteiger partial charge is 0.480 e. The molecule has 0 aromatic rings. The molecule has 0 radical (unpaired) electrons. The Morgan fingerprint density at radius 2 is 2.05 bits per heavy atom. The molecule has 2 aliphatic rings. The highest BCUT2D eigenvalue weighted by atomic mass is 16.4. The first-order valence-corrected chi connectivity index (χ1v) is 7.52. The number of amides is 2. The zero-order valence-electron chi connectivity index (χ0n) is 12.3. The van der Waals surface area contributed by atoms with Crippen LogP contribution in [0.2, 0.25) is 0 Å². The van der Waals surface area contributed by atoms with Gasteiger partial charge in [0, 0.05) is 19.0 Å². The van der Waals surface area contributed by atoms with Gasteiger partial charge in [0.25, 0.3) is 0 Å². The third-order valence-corrected chi connectivity index (χ3v) is 4.74. The van der Waals surface area contributed by atoms with Crippen LogP contribution >= 0.6 is 0 Å². The second-order valence-electron chi connectivity index (χ2n) is 6.25. The van der Waals surface area contributed by atoms with Crippen LogP contribution in [0.4, 0.5) is 4.79 Å². The smallest absolute Gasteiger partial charge is 0.328 e. The SMILES string of the molecule is CC(O)C(NC(=O)N1CCC2(O)CCCCC2C1)C(=O)O. The molecule has 0 aromatic carbocycles. The standard InChI is InChI=1S/C14H24N2O5/c1-9(17)11(12(18)19)15-13(20)16-7-6-14(21)5-3-2-4-10(14)8-16/h9-11,17,21H,2-8H2,1H3,(H,15,20)(H,18,19). The molecule has 1 saturated heterocycles. The first-order chi connectivity index (χ1) is 9.83. The molecule has 4 unspecified atom stereocenters. The zero-order valence-corrected chi connectivity index (χ0v) is 12.3. The van der Waals surface area contributed by atoms with Crippen molar-refractivity contribution in [3.8, 4) is 0 Å². The zero-order chi connectivity index (χ0) is 15.6. The van der Waals surface area contributed by atoms with Crippen molar-refractivity contribution in [2.24, 2.45) is 5.92 Å². The minimum atomic E-state index is -1.32. The molecular formula is C14H24N2O5. The number of aliphatic carboxylic acids is 1. The molecular weight excluding hydrogens is 276 g/mol. The lowest BCUT2D eigenvalue weighted by atomic mass is 9.71. The lowest BCUT2D eigenvalue weighted by Crippen LogP contribution is -2.59. The minimum absolute atomic E-state index is 0.0561. The summed E-state index contributed by atoms with van der Waals surface area (Å²) < 4.78 is 0. The number of fused-ring (bicyclic) bond motifs is 1. The summed E-state index contributed by atoms with van der Waals surface area (Å²) in [6, 6.07) is -1.81. The van der Waals surface area contributed by atoms with Gasteiger partial charge in [-0.3, -0.25) is 0 Å². The number of likely N-dealkylation sites (tertiary alicyclic amines) is 1. The monoisotopic (exact) mass is 300 g/mol. The highest BCUT2D eigenvalue weighted by Gasteiger charge is 2.44. The Morgan fingerprint density at radius 1 is 1.33 bits per heavy atom. The van der Waals surface area contributed by atoms with E-state index in [9.17, 15) is 19.8 Å². The molecule has 1 heterocycles. The van der Waals surface area contributed by atoms with Crippen molar-refractivity contribution in [2.45, 2.75) is 56.8 Å². The maximum atomic E-state index is 12.2. The van der Waals surface area contributed by atoms with Crippen LogP contribution in [-0.2, 0) is 4.79 Å². The number of carboxylic acid groups (broad SMARTS) is 1. The number of carboxylic acids is 1. The molecule has 1 aliphatic carbocycles. The van der Waals surface area contributed by atoms with Crippen molar-refractivity contribution >= 4 is 12.0 Å². The summed E-state index contributed by atoms with van der Waals surface area (Å²) in [6.45, 7) is 2.18. The molecule has 0 bridgehead atoms. The Bertz CT molecular complexity index is 414. The highest BCUT2D eigenvalue weighted by molar-refractivity contribution is 5.83. The summed E-state index contributed by atoms with van der Waals surface area (Å²) in [5.74, 6) is -1.20. The molecule has 1 aliphatic heterocycles. The van der Waals surface area contributed by atoms with Gasteiger partial charge >= 0.3 is 12.0 Å². The number of nitrogens with one attached hydrogen (secondary N) is 1. The molecule has 2 fully saturated rings. The number of urea groups is 1. The average molecular weight is 300 g/mol. The molecule has 1 saturated carbocycles. The van der Waals surface area contributed by atoms with Crippen molar-refractivity contribution in [1.82, 2.24) is 10.2 Å². The van der Waals surface area contributed by atoms with Crippen LogP contribution < -0.4 is 5.32 Å². The third-order valence-electron chi connectivity index (χ3n) is 4.74. The van der Waals surface area contributed by atoms with E-state index >= 15 is 0 Å². The first-order valence-electron chi connectivity index (χ1n) is 7.52. The van der Waals surface area contributed by atoms with Crippen LogP contribution in [0.25, 0.3) is 0 Å². The fourth-order valence-corrected chi connectivity index (χ4v) is 3.37. The minimum Gasteiger partial charge on any atom is -0.480 e. The van der Waals surface area contributed by atoms with Crippen LogP contribution in [0.1, 0.15) is 39.0 Å². The highest BCUT2D eigenvalue weighted by Crippen LogP contribution is 2.39. The van der Waals surface area contributed by atoms with Gasteiger partial charge in [0.1, 0.15) is 0 Å². The fraction of sp³-hybridized carbons (Fsp3) is 0.857. The molecule has 0 spiro atoms. The van der Waals surface area contributed by atoms with E-state index in [0.717, 1.165) is 25.7 Å². The van der Waals surface area contributed by atoms with E-state index in [4.69, 9.17) is 5.11 Å². The number of aliphatic hydroxyl groups excluding tert-OH is 1. The van der Waals surface area contributed by atoms with Crippen LogP contribution in [0.3, 0.4) is 0 Å². The molecule has 2 rings (SSSR count). The quantitative estimate of drug-likeness (QED) is 0.593. The summed E-state index contributed by atoms with van der Waals surface area (Å²) in [6.07, 6.45) is 3.09. The van der Waals surface area contributed by atoms with Crippen LogP contribution in [-0.4, -0.2) is 63.1 Å². The number of carbonyl (C=O) groups excluding carboxylic acids is 1. The lowest BCUT2D eigenvalue weighted by molar-refractivity contribution is -0.142.